The number of aromatic nitrogens is 2. The standard InChI is InChI=1S/C11H17Cl2N3O/c1-3-11(4-2,5-12)6-14-9-8(13)10(17)16-7-15-9/h7H,3-6H2,1-2H3,(H2,14,15,16,17). The first-order chi connectivity index (χ1) is 8.08. The minimum absolute atomic E-state index is 0.00910. The summed E-state index contributed by atoms with van der Waals surface area (Å²) in [6.45, 7) is 4.85. The van der Waals surface area contributed by atoms with Crippen molar-refractivity contribution in [2.45, 2.75) is 26.7 Å². The Balaban J connectivity index is 2.79. The minimum atomic E-state index is -0.339. The van der Waals surface area contributed by atoms with Crippen LogP contribution in [0.4, 0.5) is 5.82 Å². The molecule has 0 amide bonds. The van der Waals surface area contributed by atoms with E-state index in [1.165, 1.54) is 6.33 Å². The fourth-order valence-electron chi connectivity index (χ4n) is 1.51. The van der Waals surface area contributed by atoms with Gasteiger partial charge >= 0.3 is 0 Å². The summed E-state index contributed by atoms with van der Waals surface area (Å²) in [5.41, 5.74) is -0.330. The van der Waals surface area contributed by atoms with E-state index in [4.69, 9.17) is 23.2 Å². The molecule has 1 rings (SSSR count). The molecule has 1 aromatic heterocycles. The zero-order valence-corrected chi connectivity index (χ0v) is 11.5. The summed E-state index contributed by atoms with van der Waals surface area (Å²) in [5.74, 6) is 0.972. The molecule has 0 radical (unpaired) electrons. The number of aromatic amines is 1. The van der Waals surface area contributed by atoms with E-state index in [0.29, 0.717) is 18.2 Å². The Morgan fingerprint density at radius 2 is 2.12 bits per heavy atom. The first kappa shape index (κ1) is 14.3. The molecule has 96 valence electrons. The Kier molecular flexibility index (Phi) is 5.28. The lowest BCUT2D eigenvalue weighted by atomic mass is 9.84. The highest BCUT2D eigenvalue weighted by molar-refractivity contribution is 6.32. The zero-order chi connectivity index (χ0) is 12.9. The van der Waals surface area contributed by atoms with Gasteiger partial charge in [0.15, 0.2) is 5.82 Å². The van der Waals surface area contributed by atoms with E-state index in [-0.39, 0.29) is 16.0 Å². The second-order valence-corrected chi connectivity index (χ2v) is 4.73. The van der Waals surface area contributed by atoms with Crippen LogP contribution in [-0.4, -0.2) is 22.4 Å². The third kappa shape index (κ3) is 3.36. The molecule has 0 fully saturated rings. The van der Waals surface area contributed by atoms with Gasteiger partial charge < -0.3 is 10.3 Å². The molecule has 2 N–H and O–H groups in total. The van der Waals surface area contributed by atoms with Gasteiger partial charge in [-0.3, -0.25) is 4.79 Å². The van der Waals surface area contributed by atoms with E-state index in [2.05, 4.69) is 29.1 Å². The van der Waals surface area contributed by atoms with Gasteiger partial charge in [0.2, 0.25) is 0 Å². The topological polar surface area (TPSA) is 57.8 Å². The molecule has 0 aromatic carbocycles. The third-order valence-corrected chi connectivity index (χ3v) is 4.13. The van der Waals surface area contributed by atoms with Crippen molar-refractivity contribution in [1.29, 1.82) is 0 Å². The molecule has 0 unspecified atom stereocenters. The van der Waals surface area contributed by atoms with Crippen molar-refractivity contribution in [2.75, 3.05) is 17.7 Å². The summed E-state index contributed by atoms with van der Waals surface area (Å²) in [6, 6.07) is 0. The van der Waals surface area contributed by atoms with Gasteiger partial charge in [0.25, 0.3) is 5.56 Å². The van der Waals surface area contributed by atoms with Crippen molar-refractivity contribution < 1.29 is 0 Å². The quantitative estimate of drug-likeness (QED) is 0.787. The van der Waals surface area contributed by atoms with Crippen LogP contribution in [0.2, 0.25) is 5.02 Å². The van der Waals surface area contributed by atoms with Gasteiger partial charge in [-0.05, 0) is 12.8 Å². The first-order valence-electron chi connectivity index (χ1n) is 5.61. The van der Waals surface area contributed by atoms with Crippen LogP contribution in [0.5, 0.6) is 0 Å². The molecule has 6 heteroatoms. The van der Waals surface area contributed by atoms with Crippen LogP contribution in [-0.2, 0) is 0 Å². The summed E-state index contributed by atoms with van der Waals surface area (Å²) in [4.78, 5) is 17.7. The molecule has 17 heavy (non-hydrogen) atoms. The van der Waals surface area contributed by atoms with Gasteiger partial charge in [-0.15, -0.1) is 11.6 Å². The maximum atomic E-state index is 11.3. The van der Waals surface area contributed by atoms with Crippen LogP contribution in [0, 0.1) is 5.41 Å². The van der Waals surface area contributed by atoms with Crippen molar-refractivity contribution in [3.8, 4) is 0 Å². The summed E-state index contributed by atoms with van der Waals surface area (Å²) >= 11 is 11.9. The lowest BCUT2D eigenvalue weighted by Crippen LogP contribution is -2.31. The first-order valence-corrected chi connectivity index (χ1v) is 6.53. The average Bonchev–Trinajstić information content (AvgIpc) is 2.36. The largest absolute Gasteiger partial charge is 0.368 e. The van der Waals surface area contributed by atoms with Crippen LogP contribution in [0.1, 0.15) is 26.7 Å². The predicted molar refractivity (Wildman–Crippen MR) is 72.1 cm³/mol. The van der Waals surface area contributed by atoms with Gasteiger partial charge in [0.1, 0.15) is 5.02 Å². The van der Waals surface area contributed by atoms with Gasteiger partial charge in [-0.2, -0.15) is 0 Å². The Bertz CT molecular complexity index is 407. The molecule has 1 heterocycles. The van der Waals surface area contributed by atoms with Gasteiger partial charge in [-0.1, -0.05) is 25.4 Å². The lowest BCUT2D eigenvalue weighted by molar-refractivity contribution is 0.326. The monoisotopic (exact) mass is 277 g/mol. The van der Waals surface area contributed by atoms with Crippen LogP contribution < -0.4 is 10.9 Å². The van der Waals surface area contributed by atoms with Gasteiger partial charge in [-0.25, -0.2) is 4.98 Å². The summed E-state index contributed by atoms with van der Waals surface area (Å²) in [6.07, 6.45) is 3.25. The molecule has 0 atom stereocenters. The van der Waals surface area contributed by atoms with E-state index in [9.17, 15) is 4.79 Å². The molecular formula is C11H17Cl2N3O. The number of hydrogen-bond donors (Lipinski definition) is 2. The van der Waals surface area contributed by atoms with Crippen molar-refractivity contribution in [2.24, 2.45) is 5.41 Å². The third-order valence-electron chi connectivity index (χ3n) is 3.21. The lowest BCUT2D eigenvalue weighted by Gasteiger charge is -2.29. The second kappa shape index (κ2) is 6.26. The normalized spacial score (nSPS) is 11.5. The average molecular weight is 278 g/mol. The summed E-state index contributed by atoms with van der Waals surface area (Å²) < 4.78 is 0. The van der Waals surface area contributed by atoms with Gasteiger partial charge in [0.05, 0.1) is 6.33 Å². The van der Waals surface area contributed by atoms with E-state index in [0.717, 1.165) is 12.8 Å². The maximum Gasteiger partial charge on any atom is 0.271 e. The molecule has 0 bridgehead atoms. The number of hydrogen-bond acceptors (Lipinski definition) is 3. The summed E-state index contributed by atoms with van der Waals surface area (Å²) in [5, 5.41) is 3.19. The molecule has 0 aliphatic heterocycles. The zero-order valence-electron chi connectivity index (χ0n) is 10.0. The molecule has 0 aliphatic carbocycles. The van der Waals surface area contributed by atoms with Crippen molar-refractivity contribution in [1.82, 2.24) is 9.97 Å². The number of nitrogens with zero attached hydrogens (tertiary/aromatic N) is 1. The second-order valence-electron chi connectivity index (χ2n) is 4.09. The number of alkyl halides is 1. The fraction of sp³-hybridized carbons (Fsp3) is 0.636. The van der Waals surface area contributed by atoms with Crippen LogP contribution in [0.15, 0.2) is 11.1 Å². The number of halogens is 2. The minimum Gasteiger partial charge on any atom is -0.368 e. The Morgan fingerprint density at radius 3 is 2.65 bits per heavy atom. The molecular weight excluding hydrogens is 261 g/mol. The number of nitrogens with one attached hydrogen (secondary N) is 2. The number of H-pyrrole nitrogens is 1. The smallest absolute Gasteiger partial charge is 0.271 e. The Labute approximate surface area is 111 Å². The number of anilines is 1. The molecule has 0 saturated heterocycles. The SMILES string of the molecule is CCC(CC)(CCl)CNc1nc[nH]c(=O)c1Cl. The van der Waals surface area contributed by atoms with Crippen molar-refractivity contribution in [3.63, 3.8) is 0 Å². The van der Waals surface area contributed by atoms with E-state index >= 15 is 0 Å². The highest BCUT2D eigenvalue weighted by Gasteiger charge is 2.25. The molecule has 0 spiro atoms. The summed E-state index contributed by atoms with van der Waals surface area (Å²) in [7, 11) is 0. The highest BCUT2D eigenvalue weighted by Crippen LogP contribution is 2.28. The van der Waals surface area contributed by atoms with Crippen LogP contribution in [0.25, 0.3) is 0 Å². The molecule has 0 aliphatic rings. The predicted octanol–water partition coefficient (Wildman–Crippen LogP) is 2.88. The Hall–Kier alpha value is -0.740. The maximum absolute atomic E-state index is 11.3. The molecule has 0 saturated carbocycles. The van der Waals surface area contributed by atoms with E-state index < -0.39 is 0 Å². The Morgan fingerprint density at radius 1 is 1.47 bits per heavy atom. The number of rotatable bonds is 6. The van der Waals surface area contributed by atoms with E-state index in [1.54, 1.807) is 0 Å². The molecule has 1 aromatic rings. The van der Waals surface area contributed by atoms with E-state index in [1.807, 2.05) is 0 Å². The van der Waals surface area contributed by atoms with Crippen molar-refractivity contribution in [3.05, 3.63) is 21.7 Å². The van der Waals surface area contributed by atoms with Crippen LogP contribution >= 0.6 is 23.2 Å². The van der Waals surface area contributed by atoms with Crippen molar-refractivity contribution >= 4 is 29.0 Å². The highest BCUT2D eigenvalue weighted by atomic mass is 35.5. The van der Waals surface area contributed by atoms with Gasteiger partial charge in [0, 0.05) is 17.8 Å². The molecule has 4 nitrogen and oxygen atoms in total. The van der Waals surface area contributed by atoms with Crippen LogP contribution in [0.3, 0.4) is 0 Å². The fourth-order valence-corrected chi connectivity index (χ4v) is 2.16.